The molecule has 0 saturated carbocycles. The molecule has 29 heavy (non-hydrogen) atoms. The third kappa shape index (κ3) is 4.09. The van der Waals surface area contributed by atoms with Crippen LogP contribution < -0.4 is 4.90 Å². The maximum Gasteiger partial charge on any atom is 0.269 e. The standard InChI is InChI=1S/C20H17FN4O3S/c21-16-2-1-3-17-19(16)22-20(29-17)24-12-10-23(11-13-24)18(26)9-6-14-4-7-15(8-5-14)25(27)28/h1-9H,10-13H2. The van der Waals surface area contributed by atoms with E-state index in [0.29, 0.717) is 31.7 Å². The Hall–Kier alpha value is -3.33. The lowest BCUT2D eigenvalue weighted by Crippen LogP contribution is -2.48. The van der Waals surface area contributed by atoms with E-state index in [1.54, 1.807) is 29.2 Å². The number of fused-ring (bicyclic) bond motifs is 1. The summed E-state index contributed by atoms with van der Waals surface area (Å²) in [6.45, 7) is 2.33. The fraction of sp³-hybridized carbons (Fsp3) is 0.200. The van der Waals surface area contributed by atoms with Crippen molar-refractivity contribution in [3.8, 4) is 0 Å². The number of nitrogens with zero attached hydrogens (tertiary/aromatic N) is 4. The van der Waals surface area contributed by atoms with Gasteiger partial charge < -0.3 is 9.80 Å². The number of nitro benzene ring substituents is 1. The summed E-state index contributed by atoms with van der Waals surface area (Å²) in [5.74, 6) is -0.437. The Morgan fingerprint density at radius 3 is 2.52 bits per heavy atom. The molecule has 2 heterocycles. The molecule has 0 radical (unpaired) electrons. The molecule has 1 saturated heterocycles. The quantitative estimate of drug-likeness (QED) is 0.371. The summed E-state index contributed by atoms with van der Waals surface area (Å²) in [6, 6.07) is 10.9. The zero-order valence-corrected chi connectivity index (χ0v) is 16.1. The highest BCUT2D eigenvalue weighted by Crippen LogP contribution is 2.30. The minimum Gasteiger partial charge on any atom is -0.345 e. The van der Waals surface area contributed by atoms with Crippen LogP contribution in [0.2, 0.25) is 0 Å². The molecule has 1 fully saturated rings. The number of para-hydroxylation sites is 1. The Balaban J connectivity index is 1.36. The minimum atomic E-state index is -0.460. The van der Waals surface area contributed by atoms with E-state index in [1.807, 2.05) is 6.07 Å². The fourth-order valence-corrected chi connectivity index (χ4v) is 4.17. The molecule has 1 aliphatic heterocycles. The summed E-state index contributed by atoms with van der Waals surface area (Å²) in [5, 5.41) is 11.4. The first-order valence-corrected chi connectivity index (χ1v) is 9.84. The maximum atomic E-state index is 13.9. The lowest BCUT2D eigenvalue weighted by atomic mass is 10.2. The number of benzene rings is 2. The lowest BCUT2D eigenvalue weighted by molar-refractivity contribution is -0.384. The van der Waals surface area contributed by atoms with E-state index in [9.17, 15) is 19.3 Å². The maximum absolute atomic E-state index is 13.9. The Morgan fingerprint density at radius 2 is 1.86 bits per heavy atom. The van der Waals surface area contributed by atoms with Crippen molar-refractivity contribution in [3.63, 3.8) is 0 Å². The predicted molar refractivity (Wildman–Crippen MR) is 111 cm³/mol. The summed E-state index contributed by atoms with van der Waals surface area (Å²) in [4.78, 5) is 30.9. The van der Waals surface area contributed by atoms with E-state index in [-0.39, 0.29) is 17.4 Å². The lowest BCUT2D eigenvalue weighted by Gasteiger charge is -2.34. The number of hydrogen-bond donors (Lipinski definition) is 0. The molecule has 0 spiro atoms. The van der Waals surface area contributed by atoms with Gasteiger partial charge >= 0.3 is 0 Å². The largest absolute Gasteiger partial charge is 0.345 e. The van der Waals surface area contributed by atoms with E-state index in [2.05, 4.69) is 9.88 Å². The normalized spacial score (nSPS) is 14.7. The Morgan fingerprint density at radius 1 is 1.14 bits per heavy atom. The molecular weight excluding hydrogens is 395 g/mol. The highest BCUT2D eigenvalue weighted by Gasteiger charge is 2.22. The molecule has 4 rings (SSSR count). The van der Waals surface area contributed by atoms with Gasteiger partial charge in [-0.25, -0.2) is 9.37 Å². The van der Waals surface area contributed by atoms with E-state index < -0.39 is 4.92 Å². The topological polar surface area (TPSA) is 79.6 Å². The van der Waals surface area contributed by atoms with Crippen molar-refractivity contribution in [1.29, 1.82) is 0 Å². The first kappa shape index (κ1) is 19.0. The zero-order valence-electron chi connectivity index (χ0n) is 15.3. The number of anilines is 1. The summed E-state index contributed by atoms with van der Waals surface area (Å²) >= 11 is 1.45. The van der Waals surface area contributed by atoms with Gasteiger partial charge in [-0.15, -0.1) is 0 Å². The summed E-state index contributed by atoms with van der Waals surface area (Å²) in [5.41, 5.74) is 1.12. The van der Waals surface area contributed by atoms with Gasteiger partial charge in [-0.2, -0.15) is 0 Å². The van der Waals surface area contributed by atoms with E-state index >= 15 is 0 Å². The van der Waals surface area contributed by atoms with Gasteiger partial charge in [-0.05, 0) is 35.9 Å². The van der Waals surface area contributed by atoms with Crippen molar-refractivity contribution < 1.29 is 14.1 Å². The summed E-state index contributed by atoms with van der Waals surface area (Å²) in [6.07, 6.45) is 3.12. The number of hydrogen-bond acceptors (Lipinski definition) is 6. The van der Waals surface area contributed by atoms with Crippen molar-refractivity contribution in [1.82, 2.24) is 9.88 Å². The SMILES string of the molecule is O=C(C=Cc1ccc([N+](=O)[O-])cc1)N1CCN(c2nc3c(F)cccc3s2)CC1. The van der Waals surface area contributed by atoms with Crippen LogP contribution in [0, 0.1) is 15.9 Å². The first-order chi connectivity index (χ1) is 14.0. The zero-order chi connectivity index (χ0) is 20.4. The third-order valence-corrected chi connectivity index (χ3v) is 5.82. The van der Waals surface area contributed by atoms with Crippen LogP contribution in [0.1, 0.15) is 5.56 Å². The molecule has 0 unspecified atom stereocenters. The number of nitro groups is 1. The summed E-state index contributed by atoms with van der Waals surface area (Å²) in [7, 11) is 0. The van der Waals surface area contributed by atoms with Gasteiger partial charge in [0.25, 0.3) is 5.69 Å². The number of carbonyl (C=O) groups excluding carboxylic acids is 1. The summed E-state index contributed by atoms with van der Waals surface area (Å²) < 4.78 is 14.7. The van der Waals surface area contributed by atoms with Gasteiger partial charge in [0.05, 0.1) is 9.62 Å². The van der Waals surface area contributed by atoms with Crippen LogP contribution in [0.25, 0.3) is 16.3 Å². The second kappa shape index (κ2) is 7.96. The third-order valence-electron chi connectivity index (χ3n) is 4.74. The van der Waals surface area contributed by atoms with Gasteiger partial charge in [0.15, 0.2) is 5.13 Å². The number of halogens is 1. The number of rotatable bonds is 4. The molecule has 1 aliphatic rings. The van der Waals surface area contributed by atoms with Crippen molar-refractivity contribution in [2.45, 2.75) is 0 Å². The highest BCUT2D eigenvalue weighted by atomic mass is 32.1. The number of piperazine rings is 1. The van der Waals surface area contributed by atoms with E-state index in [1.165, 1.54) is 35.6 Å². The van der Waals surface area contributed by atoms with E-state index in [4.69, 9.17) is 0 Å². The Bertz CT molecular complexity index is 1090. The number of amides is 1. The average Bonchev–Trinajstić information content (AvgIpc) is 3.18. The highest BCUT2D eigenvalue weighted by molar-refractivity contribution is 7.22. The van der Waals surface area contributed by atoms with E-state index in [0.717, 1.165) is 15.4 Å². The molecule has 9 heteroatoms. The predicted octanol–water partition coefficient (Wildman–Crippen LogP) is 3.71. The van der Waals surface area contributed by atoms with Crippen LogP contribution in [-0.2, 0) is 4.79 Å². The molecule has 2 aromatic carbocycles. The van der Waals surface area contributed by atoms with Gasteiger partial charge in [0.1, 0.15) is 11.3 Å². The Labute approximate surface area is 169 Å². The van der Waals surface area contributed by atoms with Crippen LogP contribution in [0.15, 0.2) is 48.5 Å². The molecule has 0 aliphatic carbocycles. The fourth-order valence-electron chi connectivity index (χ4n) is 3.14. The second-order valence-corrected chi connectivity index (χ2v) is 7.59. The van der Waals surface area contributed by atoms with Gasteiger partial charge in [-0.3, -0.25) is 14.9 Å². The average molecular weight is 412 g/mol. The van der Waals surface area contributed by atoms with Crippen molar-refractivity contribution in [2.24, 2.45) is 0 Å². The van der Waals surface area contributed by atoms with Crippen LogP contribution >= 0.6 is 11.3 Å². The van der Waals surface area contributed by atoms with Gasteiger partial charge in [0, 0.05) is 44.4 Å². The minimum absolute atomic E-state index is 0.0133. The second-order valence-electron chi connectivity index (χ2n) is 6.58. The number of thiazole rings is 1. The van der Waals surface area contributed by atoms with Crippen molar-refractivity contribution >= 4 is 44.4 Å². The molecule has 7 nitrogen and oxygen atoms in total. The first-order valence-electron chi connectivity index (χ1n) is 9.03. The smallest absolute Gasteiger partial charge is 0.269 e. The molecule has 1 amide bonds. The van der Waals surface area contributed by atoms with Gasteiger partial charge in [-0.1, -0.05) is 17.4 Å². The monoisotopic (exact) mass is 412 g/mol. The van der Waals surface area contributed by atoms with Crippen molar-refractivity contribution in [2.75, 3.05) is 31.1 Å². The molecule has 0 N–H and O–H groups in total. The van der Waals surface area contributed by atoms with Crippen LogP contribution in [0.5, 0.6) is 0 Å². The molecule has 148 valence electrons. The van der Waals surface area contributed by atoms with Crippen LogP contribution in [0.4, 0.5) is 15.2 Å². The molecule has 0 bridgehead atoms. The Kier molecular flexibility index (Phi) is 5.22. The molecule has 0 atom stereocenters. The van der Waals surface area contributed by atoms with Gasteiger partial charge in [0.2, 0.25) is 5.91 Å². The van der Waals surface area contributed by atoms with Crippen LogP contribution in [0.3, 0.4) is 0 Å². The van der Waals surface area contributed by atoms with Crippen LogP contribution in [-0.4, -0.2) is 46.9 Å². The number of carbonyl (C=O) groups is 1. The molecule has 1 aromatic heterocycles. The van der Waals surface area contributed by atoms with Crippen molar-refractivity contribution in [3.05, 3.63) is 70.0 Å². The molecule has 3 aromatic rings. The molecular formula is C20H17FN4O3S. The number of aromatic nitrogens is 1. The number of non-ortho nitro benzene ring substituents is 1.